The van der Waals surface area contributed by atoms with Gasteiger partial charge in [-0.3, -0.25) is 0 Å². The maximum atomic E-state index is 5.69. The Balaban J connectivity index is 2.10. The van der Waals surface area contributed by atoms with Crippen molar-refractivity contribution in [2.24, 2.45) is 5.73 Å². The topological polar surface area (TPSA) is 54.7 Å². The van der Waals surface area contributed by atoms with Crippen LogP contribution in [0.2, 0.25) is 0 Å². The first-order valence-corrected chi connectivity index (χ1v) is 6.86. The molecule has 1 heterocycles. The minimum absolute atomic E-state index is 0.150. The van der Waals surface area contributed by atoms with E-state index in [9.17, 15) is 0 Å². The lowest BCUT2D eigenvalue weighted by molar-refractivity contribution is 0.601. The molecule has 0 saturated carbocycles. The quantitative estimate of drug-likeness (QED) is 0.763. The maximum Gasteiger partial charge on any atom is 0.117 e. The summed E-state index contributed by atoms with van der Waals surface area (Å²) < 4.78 is 0. The second-order valence-corrected chi connectivity index (χ2v) is 5.63. The van der Waals surface area contributed by atoms with E-state index in [1.807, 2.05) is 18.2 Å². The molecule has 0 aliphatic heterocycles. The summed E-state index contributed by atoms with van der Waals surface area (Å²) in [5.41, 5.74) is 9.94. The van der Waals surface area contributed by atoms with Crippen LogP contribution in [0.25, 0.3) is 11.0 Å². The van der Waals surface area contributed by atoms with E-state index in [0.29, 0.717) is 6.54 Å². The van der Waals surface area contributed by atoms with Gasteiger partial charge >= 0.3 is 0 Å². The minimum atomic E-state index is -0.150. The lowest BCUT2D eigenvalue weighted by atomic mass is 9.84. The smallest absolute Gasteiger partial charge is 0.117 e. The van der Waals surface area contributed by atoms with Gasteiger partial charge in [-0.15, -0.1) is 0 Å². The Morgan fingerprint density at radius 2 is 1.85 bits per heavy atom. The lowest BCUT2D eigenvalue weighted by Crippen LogP contribution is -2.20. The van der Waals surface area contributed by atoms with Crippen molar-refractivity contribution in [2.45, 2.75) is 25.8 Å². The Labute approximate surface area is 118 Å². The number of rotatable bonds is 3. The summed E-state index contributed by atoms with van der Waals surface area (Å²) in [5.74, 6) is 0.980. The standard InChI is InChI=1S/C17H19N3/c1-17(2,13-6-4-3-5-7-13)16-19-14-9-8-12(11-18)10-15(14)20-16/h3-10H,11,18H2,1-2H3,(H,19,20). The maximum absolute atomic E-state index is 5.69. The summed E-state index contributed by atoms with van der Waals surface area (Å²) in [4.78, 5) is 8.18. The minimum Gasteiger partial charge on any atom is -0.341 e. The molecular weight excluding hydrogens is 246 g/mol. The predicted molar refractivity (Wildman–Crippen MR) is 82.6 cm³/mol. The van der Waals surface area contributed by atoms with Crippen molar-refractivity contribution in [2.75, 3.05) is 0 Å². The van der Waals surface area contributed by atoms with Gasteiger partial charge in [-0.2, -0.15) is 0 Å². The van der Waals surface area contributed by atoms with E-state index in [-0.39, 0.29) is 5.41 Å². The van der Waals surface area contributed by atoms with Gasteiger partial charge in [-0.25, -0.2) is 4.98 Å². The van der Waals surface area contributed by atoms with E-state index >= 15 is 0 Å². The van der Waals surface area contributed by atoms with Crippen LogP contribution in [0.3, 0.4) is 0 Å². The van der Waals surface area contributed by atoms with Gasteiger partial charge in [0.25, 0.3) is 0 Å². The molecule has 3 aromatic rings. The molecule has 2 aromatic carbocycles. The predicted octanol–water partition coefficient (Wildman–Crippen LogP) is 3.35. The first-order valence-electron chi connectivity index (χ1n) is 6.86. The summed E-state index contributed by atoms with van der Waals surface area (Å²) in [5, 5.41) is 0. The first-order chi connectivity index (χ1) is 9.61. The Bertz CT molecular complexity index is 726. The number of benzene rings is 2. The number of fused-ring (bicyclic) bond motifs is 1. The Kier molecular flexibility index (Phi) is 3.07. The van der Waals surface area contributed by atoms with Gasteiger partial charge in [0.2, 0.25) is 0 Å². The average molecular weight is 265 g/mol. The van der Waals surface area contributed by atoms with Crippen molar-refractivity contribution in [3.8, 4) is 0 Å². The third kappa shape index (κ3) is 2.10. The van der Waals surface area contributed by atoms with E-state index in [0.717, 1.165) is 22.4 Å². The van der Waals surface area contributed by atoms with Gasteiger partial charge < -0.3 is 10.7 Å². The molecule has 3 nitrogen and oxygen atoms in total. The van der Waals surface area contributed by atoms with E-state index < -0.39 is 0 Å². The van der Waals surface area contributed by atoms with Gasteiger partial charge in [0.05, 0.1) is 11.0 Å². The molecule has 0 amide bonds. The van der Waals surface area contributed by atoms with Crippen LogP contribution in [0.5, 0.6) is 0 Å². The molecule has 0 bridgehead atoms. The molecule has 3 N–H and O–H groups in total. The van der Waals surface area contributed by atoms with Gasteiger partial charge in [-0.1, -0.05) is 36.4 Å². The lowest BCUT2D eigenvalue weighted by Gasteiger charge is -2.22. The van der Waals surface area contributed by atoms with Crippen LogP contribution in [-0.2, 0) is 12.0 Å². The van der Waals surface area contributed by atoms with Crippen molar-refractivity contribution in [1.29, 1.82) is 0 Å². The normalized spacial score (nSPS) is 11.9. The summed E-state index contributed by atoms with van der Waals surface area (Å²) in [7, 11) is 0. The number of aromatic nitrogens is 2. The van der Waals surface area contributed by atoms with E-state index in [1.54, 1.807) is 0 Å². The third-order valence-electron chi connectivity index (χ3n) is 3.87. The molecule has 0 spiro atoms. The molecule has 20 heavy (non-hydrogen) atoms. The van der Waals surface area contributed by atoms with Crippen LogP contribution in [0.4, 0.5) is 0 Å². The number of nitrogens with one attached hydrogen (secondary N) is 1. The highest BCUT2D eigenvalue weighted by Gasteiger charge is 2.26. The monoisotopic (exact) mass is 265 g/mol. The van der Waals surface area contributed by atoms with Crippen molar-refractivity contribution < 1.29 is 0 Å². The molecule has 1 aromatic heterocycles. The zero-order chi connectivity index (χ0) is 14.2. The Morgan fingerprint density at radius 3 is 2.55 bits per heavy atom. The summed E-state index contributed by atoms with van der Waals surface area (Å²) >= 11 is 0. The van der Waals surface area contributed by atoms with Gasteiger partial charge in [-0.05, 0) is 37.1 Å². The fraction of sp³-hybridized carbons (Fsp3) is 0.235. The van der Waals surface area contributed by atoms with Crippen LogP contribution in [0, 0.1) is 0 Å². The molecule has 0 fully saturated rings. The van der Waals surface area contributed by atoms with Gasteiger partial charge in [0.1, 0.15) is 5.82 Å². The SMILES string of the molecule is CC(C)(c1ccccc1)c1nc2ccc(CN)cc2[nH]1. The molecule has 102 valence electrons. The second-order valence-electron chi connectivity index (χ2n) is 5.63. The van der Waals surface area contributed by atoms with E-state index in [1.165, 1.54) is 5.56 Å². The molecule has 3 heteroatoms. The first kappa shape index (κ1) is 12.9. The van der Waals surface area contributed by atoms with Gasteiger partial charge in [0, 0.05) is 12.0 Å². The largest absolute Gasteiger partial charge is 0.341 e. The number of hydrogen-bond donors (Lipinski definition) is 2. The average Bonchev–Trinajstić information content (AvgIpc) is 2.91. The highest BCUT2D eigenvalue weighted by atomic mass is 14.9. The number of hydrogen-bond acceptors (Lipinski definition) is 2. The molecule has 0 aliphatic carbocycles. The molecular formula is C17H19N3. The van der Waals surface area contributed by atoms with Gasteiger partial charge in [0.15, 0.2) is 0 Å². The molecule has 0 unspecified atom stereocenters. The zero-order valence-corrected chi connectivity index (χ0v) is 11.9. The number of aromatic amines is 1. The Morgan fingerprint density at radius 1 is 1.10 bits per heavy atom. The summed E-state index contributed by atoms with van der Waals surface area (Å²) in [6.07, 6.45) is 0. The number of imidazole rings is 1. The van der Waals surface area contributed by atoms with Crippen LogP contribution in [0.15, 0.2) is 48.5 Å². The van der Waals surface area contributed by atoms with E-state index in [4.69, 9.17) is 10.7 Å². The zero-order valence-electron chi connectivity index (χ0n) is 11.9. The van der Waals surface area contributed by atoms with Crippen molar-refractivity contribution in [3.63, 3.8) is 0 Å². The van der Waals surface area contributed by atoms with Crippen LogP contribution >= 0.6 is 0 Å². The molecule has 0 aliphatic rings. The van der Waals surface area contributed by atoms with Crippen molar-refractivity contribution >= 4 is 11.0 Å². The number of nitrogens with zero attached hydrogens (tertiary/aromatic N) is 1. The fourth-order valence-corrected chi connectivity index (χ4v) is 2.47. The van der Waals surface area contributed by atoms with E-state index in [2.05, 4.69) is 49.2 Å². The Hall–Kier alpha value is -2.13. The molecule has 0 radical (unpaired) electrons. The molecule has 0 saturated heterocycles. The third-order valence-corrected chi connectivity index (χ3v) is 3.87. The number of nitrogens with two attached hydrogens (primary N) is 1. The van der Waals surface area contributed by atoms with Crippen LogP contribution < -0.4 is 5.73 Å². The number of H-pyrrole nitrogens is 1. The van der Waals surface area contributed by atoms with Crippen molar-refractivity contribution in [1.82, 2.24) is 9.97 Å². The van der Waals surface area contributed by atoms with Crippen LogP contribution in [0.1, 0.15) is 30.8 Å². The molecule has 0 atom stereocenters. The highest BCUT2D eigenvalue weighted by Crippen LogP contribution is 2.30. The highest BCUT2D eigenvalue weighted by molar-refractivity contribution is 5.76. The fourth-order valence-electron chi connectivity index (χ4n) is 2.47. The summed E-state index contributed by atoms with van der Waals surface area (Å²) in [6.45, 7) is 4.92. The van der Waals surface area contributed by atoms with Crippen LogP contribution in [-0.4, -0.2) is 9.97 Å². The van der Waals surface area contributed by atoms with Crippen molar-refractivity contribution in [3.05, 3.63) is 65.5 Å². The summed E-state index contributed by atoms with van der Waals surface area (Å²) in [6, 6.07) is 16.6. The second kappa shape index (κ2) is 4.76. The molecule has 3 rings (SSSR count).